The molecular formula is C11H15N3O3. The fraction of sp³-hybridized carbons (Fsp3) is 0.545. The van der Waals surface area contributed by atoms with E-state index in [2.05, 4.69) is 4.98 Å². The number of aliphatic hydroxyl groups is 1. The Morgan fingerprint density at radius 1 is 1.53 bits per heavy atom. The highest BCUT2D eigenvalue weighted by atomic mass is 16.6. The van der Waals surface area contributed by atoms with Gasteiger partial charge in [-0.05, 0) is 19.8 Å². The zero-order valence-corrected chi connectivity index (χ0v) is 9.67. The van der Waals surface area contributed by atoms with Crippen molar-refractivity contribution in [2.45, 2.75) is 25.4 Å². The quantitative estimate of drug-likeness (QED) is 0.620. The van der Waals surface area contributed by atoms with Crippen LogP contribution in [-0.2, 0) is 0 Å². The molecule has 0 aliphatic carbocycles. The molecule has 1 aromatic rings. The Morgan fingerprint density at radius 2 is 2.18 bits per heavy atom. The monoisotopic (exact) mass is 237 g/mol. The van der Waals surface area contributed by atoms with E-state index in [-0.39, 0.29) is 5.69 Å². The lowest BCUT2D eigenvalue weighted by Gasteiger charge is -2.36. The molecule has 1 aliphatic heterocycles. The molecule has 17 heavy (non-hydrogen) atoms. The summed E-state index contributed by atoms with van der Waals surface area (Å²) >= 11 is 0. The van der Waals surface area contributed by atoms with Gasteiger partial charge in [-0.25, -0.2) is 4.98 Å². The summed E-state index contributed by atoms with van der Waals surface area (Å²) in [6.07, 6.45) is 2.74. The third-order valence-electron chi connectivity index (χ3n) is 3.10. The third-order valence-corrected chi connectivity index (χ3v) is 3.10. The van der Waals surface area contributed by atoms with Gasteiger partial charge in [-0.2, -0.15) is 0 Å². The molecule has 1 N–H and O–H groups in total. The molecule has 6 heteroatoms. The van der Waals surface area contributed by atoms with Crippen molar-refractivity contribution in [3.05, 3.63) is 28.4 Å². The first-order valence-electron chi connectivity index (χ1n) is 5.56. The van der Waals surface area contributed by atoms with Crippen LogP contribution in [0.1, 0.15) is 19.8 Å². The zero-order chi connectivity index (χ0) is 12.5. The third kappa shape index (κ3) is 2.71. The van der Waals surface area contributed by atoms with Gasteiger partial charge in [0.05, 0.1) is 16.6 Å². The summed E-state index contributed by atoms with van der Waals surface area (Å²) in [5, 5.41) is 20.5. The minimum atomic E-state index is -0.628. The second-order valence-electron chi connectivity index (χ2n) is 4.61. The topological polar surface area (TPSA) is 79.5 Å². The molecule has 0 bridgehead atoms. The number of nitrogens with zero attached hydrogens (tertiary/aromatic N) is 3. The van der Waals surface area contributed by atoms with Gasteiger partial charge in [-0.3, -0.25) is 10.1 Å². The highest BCUT2D eigenvalue weighted by Crippen LogP contribution is 2.26. The Hall–Kier alpha value is -1.69. The summed E-state index contributed by atoms with van der Waals surface area (Å²) in [4.78, 5) is 16.3. The van der Waals surface area contributed by atoms with Crippen LogP contribution >= 0.6 is 0 Å². The van der Waals surface area contributed by atoms with Gasteiger partial charge in [0.15, 0.2) is 0 Å². The van der Waals surface area contributed by atoms with Crippen molar-refractivity contribution in [3.63, 3.8) is 0 Å². The second kappa shape index (κ2) is 4.29. The van der Waals surface area contributed by atoms with Gasteiger partial charge in [0.25, 0.3) is 5.69 Å². The molecule has 2 heterocycles. The molecule has 0 amide bonds. The molecule has 2 rings (SSSR count). The van der Waals surface area contributed by atoms with Crippen molar-refractivity contribution >= 4 is 11.5 Å². The van der Waals surface area contributed by atoms with Gasteiger partial charge in [-0.1, -0.05) is 0 Å². The molecule has 6 nitrogen and oxygen atoms in total. The Bertz CT molecular complexity index is 424. The van der Waals surface area contributed by atoms with Gasteiger partial charge in [0.2, 0.25) is 0 Å². The van der Waals surface area contributed by atoms with E-state index in [9.17, 15) is 15.2 Å². The highest BCUT2D eigenvalue weighted by Gasteiger charge is 2.28. The lowest BCUT2D eigenvalue weighted by atomic mass is 9.94. The molecule has 0 saturated carbocycles. The molecule has 0 spiro atoms. The molecule has 1 aliphatic rings. The molecule has 92 valence electrons. The number of nitro groups is 1. The number of anilines is 1. The highest BCUT2D eigenvalue weighted by molar-refractivity contribution is 5.47. The number of hydrogen-bond donors (Lipinski definition) is 1. The summed E-state index contributed by atoms with van der Waals surface area (Å²) in [5.41, 5.74) is -0.579. The van der Waals surface area contributed by atoms with Crippen LogP contribution in [0, 0.1) is 10.1 Å². The van der Waals surface area contributed by atoms with E-state index in [1.54, 1.807) is 0 Å². The van der Waals surface area contributed by atoms with E-state index >= 15 is 0 Å². The fourth-order valence-electron chi connectivity index (χ4n) is 1.91. The van der Waals surface area contributed by atoms with Crippen LogP contribution in [0.3, 0.4) is 0 Å². The van der Waals surface area contributed by atoms with Gasteiger partial charge in [-0.15, -0.1) is 0 Å². The number of pyridine rings is 1. The van der Waals surface area contributed by atoms with E-state index in [4.69, 9.17) is 0 Å². The van der Waals surface area contributed by atoms with Crippen molar-refractivity contribution in [2.75, 3.05) is 18.0 Å². The maximum atomic E-state index is 10.7. The van der Waals surface area contributed by atoms with Gasteiger partial charge < -0.3 is 10.0 Å². The number of piperidine rings is 1. The average molecular weight is 237 g/mol. The van der Waals surface area contributed by atoms with Crippen LogP contribution < -0.4 is 4.90 Å². The summed E-state index contributed by atoms with van der Waals surface area (Å²) in [5.74, 6) is 0.606. The number of rotatable bonds is 2. The summed E-state index contributed by atoms with van der Waals surface area (Å²) in [6.45, 7) is 3.15. The number of aromatic nitrogens is 1. The van der Waals surface area contributed by atoms with Crippen LogP contribution in [-0.4, -0.2) is 33.7 Å². The maximum Gasteiger partial charge on any atom is 0.274 e. The summed E-state index contributed by atoms with van der Waals surface area (Å²) in [6, 6.07) is 2.85. The minimum Gasteiger partial charge on any atom is -0.390 e. The van der Waals surface area contributed by atoms with Crippen molar-refractivity contribution in [1.82, 2.24) is 4.98 Å². The Labute approximate surface area is 99.0 Å². The first-order valence-corrected chi connectivity index (χ1v) is 5.56. The smallest absolute Gasteiger partial charge is 0.274 e. The summed E-state index contributed by atoms with van der Waals surface area (Å²) < 4.78 is 0. The van der Waals surface area contributed by atoms with Crippen molar-refractivity contribution in [2.24, 2.45) is 0 Å². The van der Waals surface area contributed by atoms with Crippen LogP contribution in [0.2, 0.25) is 0 Å². The molecule has 0 atom stereocenters. The van der Waals surface area contributed by atoms with Crippen molar-refractivity contribution < 1.29 is 10.0 Å². The fourth-order valence-corrected chi connectivity index (χ4v) is 1.91. The Morgan fingerprint density at radius 3 is 2.76 bits per heavy atom. The van der Waals surface area contributed by atoms with Crippen LogP contribution in [0.5, 0.6) is 0 Å². The van der Waals surface area contributed by atoms with Crippen LogP contribution in [0.25, 0.3) is 0 Å². The summed E-state index contributed by atoms with van der Waals surface area (Å²) in [7, 11) is 0. The largest absolute Gasteiger partial charge is 0.390 e. The second-order valence-corrected chi connectivity index (χ2v) is 4.61. The molecule has 1 saturated heterocycles. The van der Waals surface area contributed by atoms with E-state index in [0.29, 0.717) is 31.7 Å². The normalized spacial score (nSPS) is 19.1. The van der Waals surface area contributed by atoms with E-state index < -0.39 is 10.5 Å². The van der Waals surface area contributed by atoms with Gasteiger partial charge >= 0.3 is 0 Å². The standard InChI is InChI=1S/C11H15N3O3/c1-11(15)3-6-13(7-4-11)10-8-9(14(16)17)2-5-12-10/h2,5,8,15H,3-4,6-7H2,1H3. The van der Waals surface area contributed by atoms with Crippen LogP contribution in [0.4, 0.5) is 11.5 Å². The Kier molecular flexibility index (Phi) is 2.97. The van der Waals surface area contributed by atoms with E-state index in [0.717, 1.165) is 0 Å². The van der Waals surface area contributed by atoms with Crippen molar-refractivity contribution in [3.8, 4) is 0 Å². The predicted molar refractivity (Wildman–Crippen MR) is 63.0 cm³/mol. The Balaban J connectivity index is 2.13. The van der Waals surface area contributed by atoms with Gasteiger partial charge in [0.1, 0.15) is 5.82 Å². The molecule has 1 aromatic heterocycles. The zero-order valence-electron chi connectivity index (χ0n) is 9.67. The van der Waals surface area contributed by atoms with Gasteiger partial charge in [0, 0.05) is 25.4 Å². The number of hydrogen-bond acceptors (Lipinski definition) is 5. The average Bonchev–Trinajstić information content (AvgIpc) is 2.29. The van der Waals surface area contributed by atoms with Crippen LogP contribution in [0.15, 0.2) is 18.3 Å². The minimum absolute atomic E-state index is 0.0485. The molecule has 1 fully saturated rings. The lowest BCUT2D eigenvalue weighted by Crippen LogP contribution is -2.42. The molecular weight excluding hydrogens is 222 g/mol. The van der Waals surface area contributed by atoms with Crippen molar-refractivity contribution in [1.29, 1.82) is 0 Å². The molecule has 0 unspecified atom stereocenters. The first-order chi connectivity index (χ1) is 7.98. The SMILES string of the molecule is CC1(O)CCN(c2cc([N+](=O)[O-])ccn2)CC1. The predicted octanol–water partition coefficient (Wildman–Crippen LogP) is 1.34. The van der Waals surface area contributed by atoms with E-state index in [1.807, 2.05) is 11.8 Å². The maximum absolute atomic E-state index is 10.7. The van der Waals surface area contributed by atoms with E-state index in [1.165, 1.54) is 18.3 Å². The molecule has 0 radical (unpaired) electrons. The first kappa shape index (κ1) is 11.8. The molecule has 0 aromatic carbocycles. The lowest BCUT2D eigenvalue weighted by molar-refractivity contribution is -0.384.